The first-order chi connectivity index (χ1) is 6.99. The van der Waals surface area contributed by atoms with Gasteiger partial charge in [-0.1, -0.05) is 0 Å². The monoisotopic (exact) mass is 342 g/mol. The molecule has 0 heterocycles. The summed E-state index contributed by atoms with van der Waals surface area (Å²) in [5.74, 6) is -2.94. The molecule has 2 nitrogen and oxygen atoms in total. The highest BCUT2D eigenvalue weighted by atomic mass is 79.9. The third kappa shape index (κ3) is 2.55. The fourth-order valence-electron chi connectivity index (χ4n) is 0.957. The highest BCUT2D eigenvalue weighted by molar-refractivity contribution is 9.13. The summed E-state index contributed by atoms with van der Waals surface area (Å²) in [6.45, 7) is 1.62. The Morgan fingerprint density at radius 1 is 1.47 bits per heavy atom. The van der Waals surface area contributed by atoms with Crippen molar-refractivity contribution in [1.29, 1.82) is 0 Å². The summed E-state index contributed by atoms with van der Waals surface area (Å²) < 4.78 is 31.5. The first kappa shape index (κ1) is 12.6. The molecular weight excluding hydrogens is 338 g/mol. The second kappa shape index (κ2) is 5.03. The van der Waals surface area contributed by atoms with Crippen molar-refractivity contribution in [3.63, 3.8) is 0 Å². The van der Waals surface area contributed by atoms with Gasteiger partial charge in [-0.15, -0.1) is 0 Å². The lowest BCUT2D eigenvalue weighted by Crippen LogP contribution is -2.10. The summed E-state index contributed by atoms with van der Waals surface area (Å²) in [5, 5.41) is 0. The zero-order valence-corrected chi connectivity index (χ0v) is 10.8. The lowest BCUT2D eigenvalue weighted by Gasteiger charge is -2.07. The van der Waals surface area contributed by atoms with Crippen molar-refractivity contribution in [3.05, 3.63) is 32.2 Å². The van der Waals surface area contributed by atoms with Crippen LogP contribution in [0.3, 0.4) is 0 Å². The van der Waals surface area contributed by atoms with Gasteiger partial charge in [0.05, 0.1) is 11.1 Å². The van der Waals surface area contributed by atoms with E-state index in [1.165, 1.54) is 0 Å². The van der Waals surface area contributed by atoms with Crippen LogP contribution in [0.4, 0.5) is 8.78 Å². The Hall–Kier alpha value is -0.490. The SMILES string of the molecule is CCOC(=O)c1c(F)cc(Br)c(Br)c1F. The molecule has 0 atom stereocenters. The number of carbonyl (C=O) groups is 1. The molecule has 15 heavy (non-hydrogen) atoms. The van der Waals surface area contributed by atoms with Crippen LogP contribution in [0, 0.1) is 11.6 Å². The van der Waals surface area contributed by atoms with Crippen molar-refractivity contribution < 1.29 is 18.3 Å². The van der Waals surface area contributed by atoms with Crippen molar-refractivity contribution in [3.8, 4) is 0 Å². The Kier molecular flexibility index (Phi) is 4.21. The molecule has 0 unspecified atom stereocenters. The zero-order valence-electron chi connectivity index (χ0n) is 7.61. The zero-order chi connectivity index (χ0) is 11.6. The minimum Gasteiger partial charge on any atom is -0.462 e. The fraction of sp³-hybridized carbons (Fsp3) is 0.222. The summed E-state index contributed by atoms with van der Waals surface area (Å²) in [4.78, 5) is 11.2. The van der Waals surface area contributed by atoms with Crippen LogP contribution < -0.4 is 0 Å². The topological polar surface area (TPSA) is 26.3 Å². The molecule has 0 amide bonds. The van der Waals surface area contributed by atoms with E-state index in [1.807, 2.05) is 0 Å². The van der Waals surface area contributed by atoms with Gasteiger partial charge in [0.2, 0.25) is 0 Å². The number of carbonyl (C=O) groups excluding carboxylic acids is 1. The Bertz CT molecular complexity index is 408. The van der Waals surface area contributed by atoms with Crippen LogP contribution in [0.25, 0.3) is 0 Å². The van der Waals surface area contributed by atoms with Gasteiger partial charge in [0.1, 0.15) is 11.4 Å². The maximum Gasteiger partial charge on any atom is 0.344 e. The van der Waals surface area contributed by atoms with Crippen LogP contribution in [-0.2, 0) is 4.74 Å². The molecule has 6 heteroatoms. The van der Waals surface area contributed by atoms with Crippen LogP contribution in [0.15, 0.2) is 15.0 Å². The number of ether oxygens (including phenoxy) is 1. The number of esters is 1. The van der Waals surface area contributed by atoms with Crippen molar-refractivity contribution in [2.45, 2.75) is 6.92 Å². The second-order valence-corrected chi connectivity index (χ2v) is 4.21. The lowest BCUT2D eigenvalue weighted by molar-refractivity contribution is 0.0515. The minimum atomic E-state index is -1.01. The number of benzene rings is 1. The maximum atomic E-state index is 13.5. The van der Waals surface area contributed by atoms with E-state index in [0.29, 0.717) is 0 Å². The van der Waals surface area contributed by atoms with Gasteiger partial charge in [0.15, 0.2) is 5.82 Å². The van der Waals surface area contributed by atoms with E-state index in [9.17, 15) is 13.6 Å². The largest absolute Gasteiger partial charge is 0.462 e. The Labute approximate surface area is 102 Å². The molecule has 0 aliphatic heterocycles. The van der Waals surface area contributed by atoms with E-state index < -0.39 is 23.2 Å². The summed E-state index contributed by atoms with van der Waals surface area (Å²) >= 11 is 5.83. The standard InChI is InChI=1S/C9H6Br2F2O2/c1-2-15-9(14)6-5(12)3-4(10)7(11)8(6)13/h3H,2H2,1H3. The molecule has 82 valence electrons. The predicted octanol–water partition coefficient (Wildman–Crippen LogP) is 3.67. The average Bonchev–Trinajstić information content (AvgIpc) is 2.15. The Morgan fingerprint density at radius 2 is 2.07 bits per heavy atom. The van der Waals surface area contributed by atoms with E-state index in [0.717, 1.165) is 6.07 Å². The average molecular weight is 344 g/mol. The second-order valence-electron chi connectivity index (χ2n) is 2.56. The summed E-state index contributed by atoms with van der Waals surface area (Å²) in [5.41, 5.74) is -0.688. The molecule has 1 rings (SSSR count). The molecular formula is C9H6Br2F2O2. The van der Waals surface area contributed by atoms with Crippen LogP contribution in [-0.4, -0.2) is 12.6 Å². The summed E-state index contributed by atoms with van der Waals surface area (Å²) in [7, 11) is 0. The van der Waals surface area contributed by atoms with E-state index in [1.54, 1.807) is 6.92 Å². The van der Waals surface area contributed by atoms with Crippen molar-refractivity contribution in [2.75, 3.05) is 6.61 Å². The molecule has 0 N–H and O–H groups in total. The smallest absolute Gasteiger partial charge is 0.344 e. The summed E-state index contributed by atoms with van der Waals surface area (Å²) in [6.07, 6.45) is 0. The normalized spacial score (nSPS) is 10.2. The number of rotatable bonds is 2. The van der Waals surface area contributed by atoms with Crippen molar-refractivity contribution in [1.82, 2.24) is 0 Å². The van der Waals surface area contributed by atoms with E-state index in [4.69, 9.17) is 0 Å². The van der Waals surface area contributed by atoms with Crippen LogP contribution in [0.5, 0.6) is 0 Å². The van der Waals surface area contributed by atoms with E-state index in [-0.39, 0.29) is 15.6 Å². The highest BCUT2D eigenvalue weighted by Gasteiger charge is 2.22. The highest BCUT2D eigenvalue weighted by Crippen LogP contribution is 2.30. The quantitative estimate of drug-likeness (QED) is 0.465. The van der Waals surface area contributed by atoms with Crippen LogP contribution in [0.1, 0.15) is 17.3 Å². The lowest BCUT2D eigenvalue weighted by atomic mass is 10.2. The van der Waals surface area contributed by atoms with Crippen molar-refractivity contribution >= 4 is 37.8 Å². The molecule has 0 aliphatic rings. The van der Waals surface area contributed by atoms with Gasteiger partial charge in [-0.2, -0.15) is 0 Å². The number of hydrogen-bond donors (Lipinski definition) is 0. The van der Waals surface area contributed by atoms with Gasteiger partial charge in [-0.05, 0) is 44.8 Å². The van der Waals surface area contributed by atoms with E-state index >= 15 is 0 Å². The van der Waals surface area contributed by atoms with E-state index in [2.05, 4.69) is 36.6 Å². The third-order valence-corrected chi connectivity index (χ3v) is 3.53. The fourth-order valence-corrected chi connectivity index (χ4v) is 1.64. The first-order valence-electron chi connectivity index (χ1n) is 3.99. The molecule has 0 spiro atoms. The molecule has 0 saturated heterocycles. The Balaban J connectivity index is 3.29. The minimum absolute atomic E-state index is 0.00745. The Morgan fingerprint density at radius 3 is 2.60 bits per heavy atom. The molecule has 0 radical (unpaired) electrons. The predicted molar refractivity (Wildman–Crippen MR) is 57.7 cm³/mol. The van der Waals surface area contributed by atoms with Gasteiger partial charge < -0.3 is 4.74 Å². The van der Waals surface area contributed by atoms with Crippen molar-refractivity contribution in [2.24, 2.45) is 0 Å². The molecule has 0 bridgehead atoms. The first-order valence-corrected chi connectivity index (χ1v) is 5.57. The summed E-state index contributed by atoms with van der Waals surface area (Å²) in [6, 6.07) is 0.999. The number of halogens is 4. The maximum absolute atomic E-state index is 13.5. The molecule has 0 aromatic heterocycles. The molecule has 1 aromatic rings. The molecule has 1 aromatic carbocycles. The van der Waals surface area contributed by atoms with Crippen LogP contribution in [0.2, 0.25) is 0 Å². The number of hydrogen-bond acceptors (Lipinski definition) is 2. The van der Waals surface area contributed by atoms with Gasteiger partial charge in [0.25, 0.3) is 0 Å². The molecule has 0 saturated carbocycles. The van der Waals surface area contributed by atoms with Gasteiger partial charge >= 0.3 is 5.97 Å². The van der Waals surface area contributed by atoms with Gasteiger partial charge in [0, 0.05) is 4.47 Å². The van der Waals surface area contributed by atoms with Gasteiger partial charge in [-0.25, -0.2) is 13.6 Å². The third-order valence-electron chi connectivity index (χ3n) is 1.59. The van der Waals surface area contributed by atoms with Gasteiger partial charge in [-0.3, -0.25) is 0 Å². The van der Waals surface area contributed by atoms with Crippen LogP contribution >= 0.6 is 31.9 Å². The molecule has 0 aliphatic carbocycles. The molecule has 0 fully saturated rings.